The molecule has 0 radical (unpaired) electrons. The molecule has 88 valence electrons. The molecular formula is C11H17N3OS. The standard InChI is InChI=1S/C10H13N3OS.CH4/c1-2-14-9-5-3-8(4-6-9)7-12-13-10(11)15;/h3-7H,2H2,1H3,(H3,11,13,15);1H4/b12-7+;. The first-order chi connectivity index (χ1) is 7.22. The van der Waals surface area contributed by atoms with Crippen molar-refractivity contribution in [2.75, 3.05) is 6.61 Å². The molecule has 4 nitrogen and oxygen atoms in total. The Bertz CT molecular complexity index is 349. The van der Waals surface area contributed by atoms with Crippen LogP contribution in [0.1, 0.15) is 19.9 Å². The van der Waals surface area contributed by atoms with Gasteiger partial charge in [-0.1, -0.05) is 7.43 Å². The lowest BCUT2D eigenvalue weighted by Crippen LogP contribution is -2.23. The van der Waals surface area contributed by atoms with E-state index in [0.717, 1.165) is 11.3 Å². The van der Waals surface area contributed by atoms with E-state index in [1.54, 1.807) is 6.21 Å². The highest BCUT2D eigenvalue weighted by molar-refractivity contribution is 7.80. The van der Waals surface area contributed by atoms with Gasteiger partial charge in [0.25, 0.3) is 0 Å². The molecule has 16 heavy (non-hydrogen) atoms. The van der Waals surface area contributed by atoms with E-state index in [1.807, 2.05) is 31.2 Å². The molecule has 3 N–H and O–H groups in total. The third kappa shape index (κ3) is 5.31. The number of hydrogen-bond acceptors (Lipinski definition) is 3. The van der Waals surface area contributed by atoms with Crippen LogP contribution in [-0.4, -0.2) is 17.9 Å². The molecule has 0 fully saturated rings. The highest BCUT2D eigenvalue weighted by atomic mass is 32.1. The smallest absolute Gasteiger partial charge is 0.184 e. The lowest BCUT2D eigenvalue weighted by molar-refractivity contribution is 0.340. The van der Waals surface area contributed by atoms with Crippen molar-refractivity contribution < 1.29 is 4.74 Å². The first-order valence-electron chi connectivity index (χ1n) is 4.53. The fourth-order valence-corrected chi connectivity index (χ4v) is 1.04. The largest absolute Gasteiger partial charge is 0.494 e. The molecule has 0 spiro atoms. The van der Waals surface area contributed by atoms with E-state index in [9.17, 15) is 0 Å². The van der Waals surface area contributed by atoms with Crippen LogP contribution >= 0.6 is 12.2 Å². The molecule has 0 saturated carbocycles. The van der Waals surface area contributed by atoms with Crippen LogP contribution < -0.4 is 15.9 Å². The molecule has 1 aromatic rings. The van der Waals surface area contributed by atoms with Crippen molar-refractivity contribution in [3.05, 3.63) is 29.8 Å². The predicted octanol–water partition coefficient (Wildman–Crippen LogP) is 1.89. The molecule has 1 rings (SSSR count). The van der Waals surface area contributed by atoms with Gasteiger partial charge in [-0.3, -0.25) is 5.43 Å². The number of ether oxygens (including phenoxy) is 1. The Hall–Kier alpha value is -1.62. The summed E-state index contributed by atoms with van der Waals surface area (Å²) in [4.78, 5) is 0. The molecule has 1 aromatic carbocycles. The highest BCUT2D eigenvalue weighted by Gasteiger charge is 1.91. The van der Waals surface area contributed by atoms with Crippen molar-refractivity contribution in [1.29, 1.82) is 0 Å². The number of nitrogens with two attached hydrogens (primary N) is 1. The Balaban J connectivity index is 0.00000225. The number of rotatable bonds is 4. The number of hydrogen-bond donors (Lipinski definition) is 2. The first kappa shape index (κ1) is 14.4. The summed E-state index contributed by atoms with van der Waals surface area (Å²) in [6.07, 6.45) is 1.63. The molecule has 0 unspecified atom stereocenters. The van der Waals surface area contributed by atoms with Gasteiger partial charge in [-0.25, -0.2) is 0 Å². The van der Waals surface area contributed by atoms with Crippen molar-refractivity contribution in [3.63, 3.8) is 0 Å². The average Bonchev–Trinajstić information content (AvgIpc) is 2.20. The van der Waals surface area contributed by atoms with Crippen molar-refractivity contribution in [2.24, 2.45) is 10.8 Å². The lowest BCUT2D eigenvalue weighted by Gasteiger charge is -2.01. The minimum absolute atomic E-state index is 0. The maximum atomic E-state index is 5.30. The average molecular weight is 239 g/mol. The fraction of sp³-hybridized carbons (Fsp3) is 0.273. The number of benzene rings is 1. The van der Waals surface area contributed by atoms with Crippen LogP contribution in [0.2, 0.25) is 0 Å². The van der Waals surface area contributed by atoms with Gasteiger partial charge in [0.15, 0.2) is 5.11 Å². The van der Waals surface area contributed by atoms with E-state index in [2.05, 4.69) is 22.7 Å². The minimum Gasteiger partial charge on any atom is -0.494 e. The lowest BCUT2D eigenvalue weighted by atomic mass is 10.2. The molecule has 0 aromatic heterocycles. The molecule has 0 heterocycles. The van der Waals surface area contributed by atoms with E-state index in [-0.39, 0.29) is 12.5 Å². The van der Waals surface area contributed by atoms with Crippen LogP contribution in [0.3, 0.4) is 0 Å². The minimum atomic E-state index is 0. The second-order valence-corrected chi connectivity index (χ2v) is 3.18. The summed E-state index contributed by atoms with van der Waals surface area (Å²) in [5.74, 6) is 0.844. The Morgan fingerprint density at radius 3 is 2.62 bits per heavy atom. The van der Waals surface area contributed by atoms with Crippen LogP contribution in [0, 0.1) is 0 Å². The van der Waals surface area contributed by atoms with Gasteiger partial charge in [-0.05, 0) is 49.0 Å². The summed E-state index contributed by atoms with van der Waals surface area (Å²) < 4.78 is 5.30. The normalized spacial score (nSPS) is 9.56. The van der Waals surface area contributed by atoms with E-state index in [0.29, 0.717) is 6.61 Å². The summed E-state index contributed by atoms with van der Waals surface area (Å²) in [6, 6.07) is 7.56. The Kier molecular flexibility index (Phi) is 6.87. The summed E-state index contributed by atoms with van der Waals surface area (Å²) in [5.41, 5.74) is 8.63. The fourth-order valence-electron chi connectivity index (χ4n) is 0.987. The maximum Gasteiger partial charge on any atom is 0.184 e. The first-order valence-corrected chi connectivity index (χ1v) is 4.94. The molecular weight excluding hydrogens is 222 g/mol. The van der Waals surface area contributed by atoms with Crippen LogP contribution in [0.15, 0.2) is 29.4 Å². The van der Waals surface area contributed by atoms with E-state index >= 15 is 0 Å². The van der Waals surface area contributed by atoms with Gasteiger partial charge in [-0.2, -0.15) is 5.10 Å². The van der Waals surface area contributed by atoms with Crippen molar-refractivity contribution >= 4 is 23.5 Å². The van der Waals surface area contributed by atoms with Crippen LogP contribution in [0.25, 0.3) is 0 Å². The van der Waals surface area contributed by atoms with Gasteiger partial charge in [0, 0.05) is 0 Å². The maximum absolute atomic E-state index is 5.30. The van der Waals surface area contributed by atoms with E-state index in [1.165, 1.54) is 0 Å². The predicted molar refractivity (Wildman–Crippen MR) is 71.9 cm³/mol. The van der Waals surface area contributed by atoms with Gasteiger partial charge < -0.3 is 10.5 Å². The van der Waals surface area contributed by atoms with Crippen LogP contribution in [-0.2, 0) is 0 Å². The zero-order valence-corrected chi connectivity index (χ0v) is 9.25. The van der Waals surface area contributed by atoms with E-state index in [4.69, 9.17) is 10.5 Å². The zero-order chi connectivity index (χ0) is 11.1. The molecule has 0 aliphatic rings. The number of hydrazone groups is 1. The van der Waals surface area contributed by atoms with Gasteiger partial charge >= 0.3 is 0 Å². The monoisotopic (exact) mass is 239 g/mol. The molecule has 5 heteroatoms. The topological polar surface area (TPSA) is 59.6 Å². The number of thiocarbonyl (C=S) groups is 1. The van der Waals surface area contributed by atoms with Crippen molar-refractivity contribution in [3.8, 4) is 5.75 Å². The Labute approximate surface area is 101 Å². The van der Waals surface area contributed by atoms with Gasteiger partial charge in [-0.15, -0.1) is 0 Å². The van der Waals surface area contributed by atoms with Gasteiger partial charge in [0.05, 0.1) is 12.8 Å². The van der Waals surface area contributed by atoms with Crippen LogP contribution in [0.4, 0.5) is 0 Å². The summed E-state index contributed by atoms with van der Waals surface area (Å²) in [7, 11) is 0. The third-order valence-electron chi connectivity index (χ3n) is 1.58. The zero-order valence-electron chi connectivity index (χ0n) is 8.43. The summed E-state index contributed by atoms with van der Waals surface area (Å²) in [5, 5.41) is 3.98. The molecule has 0 atom stereocenters. The summed E-state index contributed by atoms with van der Waals surface area (Å²) >= 11 is 4.60. The van der Waals surface area contributed by atoms with Gasteiger partial charge in [0.1, 0.15) is 5.75 Å². The quantitative estimate of drug-likeness (QED) is 0.478. The number of nitrogens with zero attached hydrogens (tertiary/aromatic N) is 1. The van der Waals surface area contributed by atoms with E-state index < -0.39 is 0 Å². The summed E-state index contributed by atoms with van der Waals surface area (Å²) in [6.45, 7) is 2.61. The van der Waals surface area contributed by atoms with Crippen molar-refractivity contribution in [1.82, 2.24) is 5.43 Å². The van der Waals surface area contributed by atoms with Crippen LogP contribution in [0.5, 0.6) is 5.75 Å². The molecule has 0 amide bonds. The third-order valence-corrected chi connectivity index (χ3v) is 1.67. The SMILES string of the molecule is C.CCOc1ccc(/C=N/NC(N)=S)cc1. The molecule has 0 saturated heterocycles. The molecule has 0 bridgehead atoms. The Morgan fingerprint density at radius 1 is 1.50 bits per heavy atom. The molecule has 0 aliphatic carbocycles. The van der Waals surface area contributed by atoms with Crippen molar-refractivity contribution in [2.45, 2.75) is 14.4 Å². The molecule has 0 aliphatic heterocycles. The number of nitrogens with one attached hydrogen (secondary N) is 1. The second kappa shape index (κ2) is 7.64. The second-order valence-electron chi connectivity index (χ2n) is 2.74. The van der Waals surface area contributed by atoms with Gasteiger partial charge in [0.2, 0.25) is 0 Å². The highest BCUT2D eigenvalue weighted by Crippen LogP contribution is 2.10. The Morgan fingerprint density at radius 2 is 2.12 bits per heavy atom.